The summed E-state index contributed by atoms with van der Waals surface area (Å²) in [5, 5.41) is 11.1. The van der Waals surface area contributed by atoms with E-state index < -0.39 is 17.2 Å². The standard InChI is InChI=1S/C17H27N5O2S/c1-4-10-22-14(12-8-6-5-7-9-12)20-21-17(22)25-13(11(2)3)15(23)19-16(18)24/h4,11-13H,1,5-10H2,2-3H3,(H3,18,19,23,24)/t13-/m1/s1. The van der Waals surface area contributed by atoms with Gasteiger partial charge in [-0.1, -0.05) is 50.9 Å². The topological polar surface area (TPSA) is 103 Å². The van der Waals surface area contributed by atoms with Crippen LogP contribution >= 0.6 is 11.8 Å². The van der Waals surface area contributed by atoms with Crippen molar-refractivity contribution in [2.45, 2.75) is 68.8 Å². The zero-order chi connectivity index (χ0) is 18.4. The molecule has 1 atom stereocenters. The predicted octanol–water partition coefficient (Wildman–Crippen LogP) is 2.82. The van der Waals surface area contributed by atoms with Crippen LogP contribution in [0.5, 0.6) is 0 Å². The van der Waals surface area contributed by atoms with E-state index in [0.717, 1.165) is 18.7 Å². The van der Waals surface area contributed by atoms with Crippen LogP contribution in [0.4, 0.5) is 4.79 Å². The molecule has 3 N–H and O–H groups in total. The summed E-state index contributed by atoms with van der Waals surface area (Å²) >= 11 is 1.32. The number of imide groups is 1. The number of allylic oxidation sites excluding steroid dienone is 1. The van der Waals surface area contributed by atoms with Gasteiger partial charge in [-0.25, -0.2) is 4.79 Å². The number of hydrogen-bond donors (Lipinski definition) is 2. The maximum Gasteiger partial charge on any atom is 0.318 e. The molecule has 2 rings (SSSR count). The molecule has 1 heterocycles. The summed E-state index contributed by atoms with van der Waals surface area (Å²) in [5.74, 6) is 0.989. The van der Waals surface area contributed by atoms with Crippen molar-refractivity contribution >= 4 is 23.7 Å². The van der Waals surface area contributed by atoms with Gasteiger partial charge in [-0.15, -0.1) is 16.8 Å². The summed E-state index contributed by atoms with van der Waals surface area (Å²) in [6.07, 6.45) is 7.75. The lowest BCUT2D eigenvalue weighted by Crippen LogP contribution is -2.42. The maximum atomic E-state index is 12.3. The number of rotatable bonds is 7. The molecule has 0 aliphatic heterocycles. The van der Waals surface area contributed by atoms with Crippen molar-refractivity contribution in [3.63, 3.8) is 0 Å². The first-order chi connectivity index (χ1) is 11.9. The van der Waals surface area contributed by atoms with E-state index in [9.17, 15) is 9.59 Å². The van der Waals surface area contributed by atoms with Crippen LogP contribution in [0.15, 0.2) is 17.8 Å². The molecule has 1 aromatic heterocycles. The lowest BCUT2D eigenvalue weighted by Gasteiger charge is -2.22. The highest BCUT2D eigenvalue weighted by Crippen LogP contribution is 2.35. The highest BCUT2D eigenvalue weighted by molar-refractivity contribution is 8.00. The van der Waals surface area contributed by atoms with Gasteiger partial charge in [0.2, 0.25) is 5.91 Å². The van der Waals surface area contributed by atoms with Crippen molar-refractivity contribution in [3.8, 4) is 0 Å². The van der Waals surface area contributed by atoms with Crippen molar-refractivity contribution in [1.29, 1.82) is 0 Å². The van der Waals surface area contributed by atoms with Gasteiger partial charge in [-0.05, 0) is 18.8 Å². The van der Waals surface area contributed by atoms with Crippen LogP contribution in [0.1, 0.15) is 57.7 Å². The first-order valence-corrected chi connectivity index (χ1v) is 9.63. The van der Waals surface area contributed by atoms with Crippen molar-refractivity contribution < 1.29 is 9.59 Å². The average Bonchev–Trinajstić information content (AvgIpc) is 2.95. The minimum Gasteiger partial charge on any atom is -0.351 e. The zero-order valence-electron chi connectivity index (χ0n) is 14.9. The molecule has 0 bridgehead atoms. The van der Waals surface area contributed by atoms with E-state index in [1.807, 2.05) is 24.5 Å². The second-order valence-corrected chi connectivity index (χ2v) is 7.82. The SMILES string of the molecule is C=CCn1c(S[C@@H](C(=O)NC(N)=O)C(C)C)nnc1C1CCCCC1. The van der Waals surface area contributed by atoms with E-state index in [1.54, 1.807) is 0 Å². The number of hydrogen-bond acceptors (Lipinski definition) is 5. The monoisotopic (exact) mass is 365 g/mol. The molecule has 8 heteroatoms. The summed E-state index contributed by atoms with van der Waals surface area (Å²) < 4.78 is 2.04. The molecule has 1 saturated carbocycles. The maximum absolute atomic E-state index is 12.3. The highest BCUT2D eigenvalue weighted by Gasteiger charge is 2.29. The van der Waals surface area contributed by atoms with Gasteiger partial charge in [0.15, 0.2) is 5.16 Å². The molecule has 1 aromatic rings. The Morgan fingerprint density at radius 1 is 1.36 bits per heavy atom. The number of amides is 3. The molecule has 7 nitrogen and oxygen atoms in total. The van der Waals surface area contributed by atoms with E-state index in [2.05, 4.69) is 22.1 Å². The Balaban J connectivity index is 2.24. The van der Waals surface area contributed by atoms with E-state index in [0.29, 0.717) is 17.6 Å². The molecule has 3 amide bonds. The van der Waals surface area contributed by atoms with Gasteiger partial charge in [0, 0.05) is 12.5 Å². The van der Waals surface area contributed by atoms with Crippen LogP contribution in [0.25, 0.3) is 0 Å². The number of urea groups is 1. The van der Waals surface area contributed by atoms with Crippen molar-refractivity contribution in [2.75, 3.05) is 0 Å². The second-order valence-electron chi connectivity index (χ2n) is 6.71. The first-order valence-electron chi connectivity index (χ1n) is 8.75. The third-order valence-corrected chi connectivity index (χ3v) is 5.90. The van der Waals surface area contributed by atoms with Crippen molar-refractivity contribution in [1.82, 2.24) is 20.1 Å². The molecule has 0 aromatic carbocycles. The zero-order valence-corrected chi connectivity index (χ0v) is 15.7. The van der Waals surface area contributed by atoms with E-state index in [-0.39, 0.29) is 5.92 Å². The number of nitrogens with two attached hydrogens (primary N) is 1. The molecular formula is C17H27N5O2S. The lowest BCUT2D eigenvalue weighted by molar-refractivity contribution is -0.120. The molecule has 1 fully saturated rings. The van der Waals surface area contributed by atoms with Gasteiger partial charge in [-0.3, -0.25) is 10.1 Å². The number of nitrogens with zero attached hydrogens (tertiary/aromatic N) is 3. The summed E-state index contributed by atoms with van der Waals surface area (Å²) in [7, 11) is 0. The Kier molecular flexibility index (Phi) is 7.04. The number of primary amides is 1. The van der Waals surface area contributed by atoms with E-state index in [4.69, 9.17) is 5.73 Å². The molecule has 0 saturated heterocycles. The molecular weight excluding hydrogens is 338 g/mol. The normalized spacial score (nSPS) is 16.6. The fourth-order valence-electron chi connectivity index (χ4n) is 3.15. The van der Waals surface area contributed by atoms with Gasteiger partial charge in [0.25, 0.3) is 0 Å². The summed E-state index contributed by atoms with van der Waals surface area (Å²) in [6.45, 7) is 8.28. The first kappa shape index (κ1) is 19.5. The molecule has 0 radical (unpaired) electrons. The quantitative estimate of drug-likeness (QED) is 0.571. The van der Waals surface area contributed by atoms with Crippen LogP contribution in [-0.2, 0) is 11.3 Å². The molecule has 25 heavy (non-hydrogen) atoms. The van der Waals surface area contributed by atoms with Gasteiger partial charge in [0.05, 0.1) is 5.25 Å². The second kappa shape index (κ2) is 9.03. The van der Waals surface area contributed by atoms with Gasteiger partial charge in [-0.2, -0.15) is 0 Å². The minimum absolute atomic E-state index is 0.0105. The smallest absolute Gasteiger partial charge is 0.318 e. The molecule has 1 aliphatic rings. The molecule has 1 aliphatic carbocycles. The molecule has 0 spiro atoms. The average molecular weight is 366 g/mol. The minimum atomic E-state index is -0.841. The van der Waals surface area contributed by atoms with E-state index in [1.165, 1.54) is 31.0 Å². The molecule has 0 unspecified atom stereocenters. The van der Waals surface area contributed by atoms with Crippen LogP contribution in [0.2, 0.25) is 0 Å². The van der Waals surface area contributed by atoms with Gasteiger partial charge in [0.1, 0.15) is 5.82 Å². The number of thioether (sulfide) groups is 1. The van der Waals surface area contributed by atoms with Crippen molar-refractivity contribution in [2.24, 2.45) is 11.7 Å². The number of carbonyl (C=O) groups is 2. The number of nitrogens with one attached hydrogen (secondary N) is 1. The van der Waals surface area contributed by atoms with Gasteiger partial charge < -0.3 is 10.3 Å². The summed E-state index contributed by atoms with van der Waals surface area (Å²) in [4.78, 5) is 23.3. The van der Waals surface area contributed by atoms with Gasteiger partial charge >= 0.3 is 6.03 Å². The Morgan fingerprint density at radius 2 is 2.04 bits per heavy atom. The Hall–Kier alpha value is -1.83. The fourth-order valence-corrected chi connectivity index (χ4v) is 4.20. The largest absolute Gasteiger partial charge is 0.351 e. The lowest BCUT2D eigenvalue weighted by atomic mass is 9.89. The molecule has 138 valence electrons. The Bertz CT molecular complexity index is 623. The highest BCUT2D eigenvalue weighted by atomic mass is 32.2. The third kappa shape index (κ3) is 5.07. The third-order valence-electron chi connectivity index (χ3n) is 4.37. The number of carbonyl (C=O) groups excluding carboxylic acids is 2. The van der Waals surface area contributed by atoms with Crippen LogP contribution < -0.4 is 11.1 Å². The predicted molar refractivity (Wildman–Crippen MR) is 98.3 cm³/mol. The van der Waals surface area contributed by atoms with Crippen LogP contribution in [-0.4, -0.2) is 32.0 Å². The fraction of sp³-hybridized carbons (Fsp3) is 0.647. The Labute approximate surface area is 152 Å². The van der Waals surface area contributed by atoms with Crippen molar-refractivity contribution in [3.05, 3.63) is 18.5 Å². The Morgan fingerprint density at radius 3 is 2.60 bits per heavy atom. The van der Waals surface area contributed by atoms with E-state index >= 15 is 0 Å². The van der Waals surface area contributed by atoms with Crippen LogP contribution in [0, 0.1) is 5.92 Å². The van der Waals surface area contributed by atoms with Crippen LogP contribution in [0.3, 0.4) is 0 Å². The number of aromatic nitrogens is 3. The summed E-state index contributed by atoms with van der Waals surface area (Å²) in [6, 6.07) is -0.841. The summed E-state index contributed by atoms with van der Waals surface area (Å²) in [5.41, 5.74) is 5.08.